The van der Waals surface area contributed by atoms with E-state index in [1.165, 1.54) is 25.9 Å². The predicted molar refractivity (Wildman–Crippen MR) is 82.1 cm³/mol. The molecule has 1 aromatic carbocycles. The molecule has 0 aliphatic rings. The van der Waals surface area contributed by atoms with Gasteiger partial charge in [-0.2, -0.15) is 0 Å². The lowest BCUT2D eigenvalue weighted by molar-refractivity contribution is 0.108. The zero-order chi connectivity index (χ0) is 13.1. The van der Waals surface area contributed by atoms with Gasteiger partial charge in [0.25, 0.3) is 5.24 Å². The van der Waals surface area contributed by atoms with Crippen molar-refractivity contribution in [2.75, 3.05) is 13.1 Å². The number of hydrogen-bond acceptors (Lipinski definition) is 2. The van der Waals surface area contributed by atoms with Crippen molar-refractivity contribution >= 4 is 29.3 Å². The number of rotatable bonds is 5. The van der Waals surface area contributed by atoms with Crippen molar-refractivity contribution in [1.82, 2.24) is 5.32 Å². The SMILES string of the molecule is CCCNCCC.Cc1cccc(C(=O)Cl)c1.Cl. The molecule has 0 bridgehead atoms. The first kappa shape index (κ1) is 19.8. The van der Waals surface area contributed by atoms with E-state index in [0.717, 1.165) is 5.56 Å². The van der Waals surface area contributed by atoms with Crippen LogP contribution in [0.3, 0.4) is 0 Å². The molecule has 0 amide bonds. The highest BCUT2D eigenvalue weighted by Crippen LogP contribution is 2.05. The van der Waals surface area contributed by atoms with Crippen molar-refractivity contribution in [3.63, 3.8) is 0 Å². The Bertz CT molecular complexity index is 325. The molecule has 0 fully saturated rings. The third-order valence-electron chi connectivity index (χ3n) is 2.10. The molecule has 0 saturated heterocycles. The van der Waals surface area contributed by atoms with Gasteiger partial charge in [-0.25, -0.2) is 0 Å². The van der Waals surface area contributed by atoms with E-state index in [0.29, 0.717) is 5.56 Å². The molecule has 0 saturated carbocycles. The van der Waals surface area contributed by atoms with Gasteiger partial charge >= 0.3 is 0 Å². The zero-order valence-electron chi connectivity index (χ0n) is 11.3. The maximum Gasteiger partial charge on any atom is 0.252 e. The number of benzene rings is 1. The van der Waals surface area contributed by atoms with Crippen LogP contribution < -0.4 is 5.32 Å². The van der Waals surface area contributed by atoms with Crippen LogP contribution in [0.5, 0.6) is 0 Å². The zero-order valence-corrected chi connectivity index (χ0v) is 12.9. The first-order chi connectivity index (χ1) is 8.11. The highest BCUT2D eigenvalue weighted by atomic mass is 35.5. The smallest absolute Gasteiger partial charge is 0.252 e. The second-order valence-electron chi connectivity index (χ2n) is 3.89. The molecular weight excluding hydrogens is 269 g/mol. The van der Waals surface area contributed by atoms with E-state index in [4.69, 9.17) is 11.6 Å². The van der Waals surface area contributed by atoms with E-state index < -0.39 is 5.24 Å². The van der Waals surface area contributed by atoms with Crippen molar-refractivity contribution in [3.8, 4) is 0 Å². The Morgan fingerprint density at radius 3 is 2.11 bits per heavy atom. The summed E-state index contributed by atoms with van der Waals surface area (Å²) in [6.45, 7) is 8.64. The Balaban J connectivity index is 0. The highest BCUT2D eigenvalue weighted by Gasteiger charge is 1.98. The number of nitrogens with one attached hydrogen (secondary N) is 1. The van der Waals surface area contributed by atoms with Crippen LogP contribution in [0, 0.1) is 6.92 Å². The second-order valence-corrected chi connectivity index (χ2v) is 4.24. The van der Waals surface area contributed by atoms with Crippen molar-refractivity contribution < 1.29 is 4.79 Å². The predicted octanol–water partition coefficient (Wildman–Crippen LogP) is 4.19. The average molecular weight is 292 g/mol. The van der Waals surface area contributed by atoms with Gasteiger partial charge in [0.15, 0.2) is 0 Å². The van der Waals surface area contributed by atoms with Gasteiger partial charge in [-0.15, -0.1) is 12.4 Å². The van der Waals surface area contributed by atoms with Gasteiger partial charge in [-0.05, 0) is 50.5 Å². The Morgan fingerprint density at radius 1 is 1.22 bits per heavy atom. The van der Waals surface area contributed by atoms with Crippen LogP contribution in [0.15, 0.2) is 24.3 Å². The fraction of sp³-hybridized carbons (Fsp3) is 0.500. The molecule has 4 heteroatoms. The van der Waals surface area contributed by atoms with Gasteiger partial charge < -0.3 is 5.32 Å². The Kier molecular flexibility index (Phi) is 14.1. The van der Waals surface area contributed by atoms with Crippen molar-refractivity contribution in [2.45, 2.75) is 33.6 Å². The van der Waals surface area contributed by atoms with Crippen LogP contribution in [-0.4, -0.2) is 18.3 Å². The van der Waals surface area contributed by atoms with Crippen LogP contribution >= 0.6 is 24.0 Å². The quantitative estimate of drug-likeness (QED) is 0.651. The maximum absolute atomic E-state index is 10.6. The molecule has 0 unspecified atom stereocenters. The van der Waals surface area contributed by atoms with E-state index >= 15 is 0 Å². The molecule has 0 radical (unpaired) electrons. The summed E-state index contributed by atoms with van der Waals surface area (Å²) in [4.78, 5) is 10.6. The van der Waals surface area contributed by atoms with Crippen LogP contribution in [-0.2, 0) is 0 Å². The lowest BCUT2D eigenvalue weighted by Crippen LogP contribution is -2.14. The molecule has 104 valence electrons. The van der Waals surface area contributed by atoms with Crippen LogP contribution in [0.25, 0.3) is 0 Å². The number of hydrogen-bond donors (Lipinski definition) is 1. The van der Waals surface area contributed by atoms with Crippen molar-refractivity contribution in [2.24, 2.45) is 0 Å². The minimum atomic E-state index is -0.399. The van der Waals surface area contributed by atoms with Gasteiger partial charge in [0.2, 0.25) is 0 Å². The van der Waals surface area contributed by atoms with E-state index in [9.17, 15) is 4.79 Å². The van der Waals surface area contributed by atoms with Gasteiger partial charge in [0, 0.05) is 5.56 Å². The van der Waals surface area contributed by atoms with Crippen molar-refractivity contribution in [1.29, 1.82) is 0 Å². The van der Waals surface area contributed by atoms with Crippen LogP contribution in [0.4, 0.5) is 0 Å². The fourth-order valence-electron chi connectivity index (χ4n) is 1.25. The lowest BCUT2D eigenvalue weighted by Gasteiger charge is -1.95. The van der Waals surface area contributed by atoms with E-state index in [-0.39, 0.29) is 12.4 Å². The molecular formula is C14H23Cl2NO. The summed E-state index contributed by atoms with van der Waals surface area (Å²) in [6, 6.07) is 7.19. The normalized spacial score (nSPS) is 8.89. The minimum Gasteiger partial charge on any atom is -0.317 e. The average Bonchev–Trinajstić information content (AvgIpc) is 2.30. The Hall–Kier alpha value is -0.570. The van der Waals surface area contributed by atoms with Gasteiger partial charge in [-0.3, -0.25) is 4.79 Å². The molecule has 1 aromatic rings. The topological polar surface area (TPSA) is 29.1 Å². The summed E-state index contributed by atoms with van der Waals surface area (Å²) in [7, 11) is 0. The third kappa shape index (κ3) is 10.6. The molecule has 1 N–H and O–H groups in total. The molecule has 0 aliphatic heterocycles. The van der Waals surface area contributed by atoms with Gasteiger partial charge in [0.05, 0.1) is 0 Å². The highest BCUT2D eigenvalue weighted by molar-refractivity contribution is 6.67. The molecule has 0 atom stereocenters. The molecule has 1 rings (SSSR count). The minimum absolute atomic E-state index is 0. The molecule has 0 heterocycles. The van der Waals surface area contributed by atoms with Crippen molar-refractivity contribution in [3.05, 3.63) is 35.4 Å². The first-order valence-corrected chi connectivity index (χ1v) is 6.46. The molecule has 0 spiro atoms. The van der Waals surface area contributed by atoms with Crippen LogP contribution in [0.2, 0.25) is 0 Å². The summed E-state index contributed by atoms with van der Waals surface area (Å²) in [6.07, 6.45) is 2.50. The number of aryl methyl sites for hydroxylation is 1. The Morgan fingerprint density at radius 2 is 1.78 bits per heavy atom. The molecule has 0 aromatic heterocycles. The van der Waals surface area contributed by atoms with Crippen LogP contribution in [0.1, 0.15) is 42.6 Å². The monoisotopic (exact) mass is 291 g/mol. The molecule has 18 heavy (non-hydrogen) atoms. The van der Waals surface area contributed by atoms with E-state index in [1.54, 1.807) is 12.1 Å². The summed E-state index contributed by atoms with van der Waals surface area (Å²) in [5.41, 5.74) is 1.60. The number of halogens is 2. The number of carbonyl (C=O) groups excluding carboxylic acids is 1. The molecule has 2 nitrogen and oxygen atoms in total. The summed E-state index contributed by atoms with van der Waals surface area (Å²) in [5, 5.41) is 2.89. The summed E-state index contributed by atoms with van der Waals surface area (Å²) in [5.74, 6) is 0. The van der Waals surface area contributed by atoms with Gasteiger partial charge in [-0.1, -0.05) is 37.6 Å². The summed E-state index contributed by atoms with van der Waals surface area (Å²) >= 11 is 5.24. The number of carbonyl (C=O) groups is 1. The molecule has 0 aliphatic carbocycles. The second kappa shape index (κ2) is 12.9. The van der Waals surface area contributed by atoms with E-state index in [2.05, 4.69) is 19.2 Å². The lowest BCUT2D eigenvalue weighted by atomic mass is 10.2. The standard InChI is InChI=1S/C8H7ClO.C6H15N.ClH/c1-6-3-2-4-7(5-6)8(9)10;1-3-5-7-6-4-2;/h2-5H,1H3;7H,3-6H2,1-2H3;1H. The van der Waals surface area contributed by atoms with Gasteiger partial charge in [0.1, 0.15) is 0 Å². The maximum atomic E-state index is 10.6. The summed E-state index contributed by atoms with van der Waals surface area (Å²) < 4.78 is 0. The third-order valence-corrected chi connectivity index (χ3v) is 2.32. The fourth-order valence-corrected chi connectivity index (χ4v) is 1.36. The largest absolute Gasteiger partial charge is 0.317 e. The van der Waals surface area contributed by atoms with E-state index in [1.807, 2.05) is 19.1 Å². The Labute approximate surface area is 122 Å². The first-order valence-electron chi connectivity index (χ1n) is 6.09.